The van der Waals surface area contributed by atoms with Crippen LogP contribution in [-0.4, -0.2) is 54.2 Å². The van der Waals surface area contributed by atoms with Gasteiger partial charge in [0, 0.05) is 19.3 Å². The number of likely N-dealkylation sites (tertiary alicyclic amines) is 1. The molecule has 3 rings (SSSR count). The van der Waals surface area contributed by atoms with Crippen LogP contribution in [0.2, 0.25) is 0 Å². The number of carboxylic acid groups (broad SMARTS) is 1. The summed E-state index contributed by atoms with van der Waals surface area (Å²) >= 11 is 0. The van der Waals surface area contributed by atoms with Gasteiger partial charge in [0.1, 0.15) is 11.4 Å². The maximum Gasteiger partial charge on any atom is 0.339 e. The Balaban J connectivity index is 1.68. The van der Waals surface area contributed by atoms with E-state index in [2.05, 4.69) is 21.8 Å². The van der Waals surface area contributed by atoms with Crippen LogP contribution in [-0.2, 0) is 0 Å². The van der Waals surface area contributed by atoms with Crippen molar-refractivity contribution in [3.8, 4) is 0 Å². The van der Waals surface area contributed by atoms with Gasteiger partial charge in [-0.3, -0.25) is 0 Å². The molecule has 3 heterocycles. The van der Waals surface area contributed by atoms with E-state index in [-0.39, 0.29) is 0 Å². The average Bonchev–Trinajstić information content (AvgIpc) is 2.97. The van der Waals surface area contributed by atoms with Gasteiger partial charge >= 0.3 is 5.97 Å². The normalized spacial score (nSPS) is 24.4. The largest absolute Gasteiger partial charge is 0.478 e. The molecular formula is C16H23N3O2. The van der Waals surface area contributed by atoms with Crippen molar-refractivity contribution in [1.82, 2.24) is 9.88 Å². The molecular weight excluding hydrogens is 266 g/mol. The Labute approximate surface area is 125 Å². The van der Waals surface area contributed by atoms with Gasteiger partial charge in [0.25, 0.3) is 0 Å². The molecule has 21 heavy (non-hydrogen) atoms. The molecule has 1 atom stereocenters. The summed E-state index contributed by atoms with van der Waals surface area (Å²) in [6, 6.07) is 3.34. The van der Waals surface area contributed by atoms with Crippen molar-refractivity contribution in [3.63, 3.8) is 0 Å². The third kappa shape index (κ3) is 3.02. The lowest BCUT2D eigenvalue weighted by Crippen LogP contribution is -2.34. The molecule has 0 spiro atoms. The second-order valence-electron chi connectivity index (χ2n) is 6.32. The molecule has 1 aromatic rings. The first kappa shape index (κ1) is 14.3. The number of rotatable bonds is 3. The Morgan fingerprint density at radius 3 is 2.67 bits per heavy atom. The summed E-state index contributed by atoms with van der Waals surface area (Å²) in [6.07, 6.45) is 5.38. The Bertz CT molecular complexity index is 512. The third-order valence-electron chi connectivity index (χ3n) is 4.97. The number of aromatic nitrogens is 1. The van der Waals surface area contributed by atoms with Gasteiger partial charge in [-0.25, -0.2) is 9.78 Å². The lowest BCUT2D eigenvalue weighted by Gasteiger charge is -2.32. The van der Waals surface area contributed by atoms with E-state index in [9.17, 15) is 9.90 Å². The Kier molecular flexibility index (Phi) is 4.10. The molecule has 0 amide bonds. The van der Waals surface area contributed by atoms with Crippen LogP contribution in [0.3, 0.4) is 0 Å². The molecule has 2 fully saturated rings. The van der Waals surface area contributed by atoms with E-state index in [0.717, 1.165) is 25.4 Å². The first-order valence-electron chi connectivity index (χ1n) is 7.77. The predicted octanol–water partition coefficient (Wildman–Crippen LogP) is 1.95. The molecule has 114 valence electrons. The van der Waals surface area contributed by atoms with E-state index >= 15 is 0 Å². The molecule has 5 nitrogen and oxygen atoms in total. The van der Waals surface area contributed by atoms with Crippen LogP contribution >= 0.6 is 0 Å². The average molecular weight is 289 g/mol. The highest BCUT2D eigenvalue weighted by molar-refractivity contribution is 5.93. The number of aromatic carboxylic acids is 1. The van der Waals surface area contributed by atoms with Crippen LogP contribution in [0.5, 0.6) is 0 Å². The number of anilines is 1. The first-order chi connectivity index (χ1) is 10.1. The number of carboxylic acids is 1. The van der Waals surface area contributed by atoms with Gasteiger partial charge in [-0.2, -0.15) is 0 Å². The Morgan fingerprint density at radius 2 is 1.95 bits per heavy atom. The van der Waals surface area contributed by atoms with E-state index in [4.69, 9.17) is 0 Å². The molecule has 0 aromatic carbocycles. The summed E-state index contributed by atoms with van der Waals surface area (Å²) in [6.45, 7) is 4.25. The minimum absolute atomic E-state index is 0.321. The van der Waals surface area contributed by atoms with Gasteiger partial charge in [0.05, 0.1) is 0 Å². The van der Waals surface area contributed by atoms with Crippen molar-refractivity contribution in [2.75, 3.05) is 38.1 Å². The minimum atomic E-state index is -0.888. The number of nitrogens with zero attached hydrogens (tertiary/aromatic N) is 3. The molecule has 2 aliphatic rings. The number of carbonyl (C=O) groups is 1. The quantitative estimate of drug-likeness (QED) is 0.921. The Morgan fingerprint density at radius 1 is 1.24 bits per heavy atom. The number of pyridine rings is 1. The van der Waals surface area contributed by atoms with Gasteiger partial charge in [0.2, 0.25) is 0 Å². The van der Waals surface area contributed by atoms with Gasteiger partial charge in [-0.05, 0) is 63.4 Å². The van der Waals surface area contributed by atoms with Crippen LogP contribution in [0.15, 0.2) is 18.3 Å². The van der Waals surface area contributed by atoms with E-state index in [1.54, 1.807) is 18.3 Å². The van der Waals surface area contributed by atoms with Crippen LogP contribution in [0.1, 0.15) is 29.6 Å². The molecule has 0 bridgehead atoms. The molecule has 5 heteroatoms. The molecule has 1 unspecified atom stereocenters. The molecule has 1 N–H and O–H groups in total. The van der Waals surface area contributed by atoms with Gasteiger partial charge in [-0.15, -0.1) is 0 Å². The van der Waals surface area contributed by atoms with E-state index in [0.29, 0.717) is 17.3 Å². The zero-order valence-electron chi connectivity index (χ0n) is 12.5. The van der Waals surface area contributed by atoms with Crippen LogP contribution in [0.4, 0.5) is 5.82 Å². The molecule has 2 saturated heterocycles. The number of hydrogen-bond acceptors (Lipinski definition) is 4. The number of hydrogen-bond donors (Lipinski definition) is 1. The van der Waals surface area contributed by atoms with Crippen LogP contribution in [0.25, 0.3) is 0 Å². The van der Waals surface area contributed by atoms with Gasteiger partial charge in [-0.1, -0.05) is 0 Å². The van der Waals surface area contributed by atoms with E-state index in [1.165, 1.54) is 25.9 Å². The summed E-state index contributed by atoms with van der Waals surface area (Å²) in [4.78, 5) is 20.2. The lowest BCUT2D eigenvalue weighted by atomic mass is 9.84. The molecule has 0 aliphatic carbocycles. The zero-order chi connectivity index (χ0) is 14.8. The van der Waals surface area contributed by atoms with Crippen molar-refractivity contribution in [2.24, 2.45) is 11.8 Å². The van der Waals surface area contributed by atoms with Gasteiger partial charge in [0.15, 0.2) is 0 Å². The SMILES string of the molecule is CN1CCC(C2CCN(c3ncccc3C(=O)O)C2)CC1. The predicted molar refractivity (Wildman–Crippen MR) is 81.7 cm³/mol. The monoisotopic (exact) mass is 289 g/mol. The maximum absolute atomic E-state index is 11.3. The minimum Gasteiger partial charge on any atom is -0.478 e. The van der Waals surface area contributed by atoms with E-state index < -0.39 is 5.97 Å². The summed E-state index contributed by atoms with van der Waals surface area (Å²) in [5.41, 5.74) is 0.321. The van der Waals surface area contributed by atoms with Crippen molar-refractivity contribution >= 4 is 11.8 Å². The summed E-state index contributed by atoms with van der Waals surface area (Å²) in [5, 5.41) is 9.30. The first-order valence-corrected chi connectivity index (χ1v) is 7.77. The smallest absolute Gasteiger partial charge is 0.339 e. The maximum atomic E-state index is 11.3. The summed E-state index contributed by atoms with van der Waals surface area (Å²) < 4.78 is 0. The topological polar surface area (TPSA) is 56.7 Å². The van der Waals surface area contributed by atoms with E-state index in [1.807, 2.05) is 0 Å². The van der Waals surface area contributed by atoms with Crippen LogP contribution < -0.4 is 4.90 Å². The highest BCUT2D eigenvalue weighted by Crippen LogP contribution is 2.34. The van der Waals surface area contributed by atoms with Crippen molar-refractivity contribution in [2.45, 2.75) is 19.3 Å². The van der Waals surface area contributed by atoms with Crippen molar-refractivity contribution in [3.05, 3.63) is 23.9 Å². The highest BCUT2D eigenvalue weighted by atomic mass is 16.4. The summed E-state index contributed by atoms with van der Waals surface area (Å²) in [5.74, 6) is 1.21. The Hall–Kier alpha value is -1.62. The van der Waals surface area contributed by atoms with Crippen LogP contribution in [0, 0.1) is 11.8 Å². The lowest BCUT2D eigenvalue weighted by molar-refractivity contribution is 0.0697. The summed E-state index contributed by atoms with van der Waals surface area (Å²) in [7, 11) is 2.18. The fourth-order valence-electron chi connectivity index (χ4n) is 3.68. The fraction of sp³-hybridized carbons (Fsp3) is 0.625. The second kappa shape index (κ2) is 6.02. The molecule has 2 aliphatic heterocycles. The fourth-order valence-corrected chi connectivity index (χ4v) is 3.68. The van der Waals surface area contributed by atoms with Gasteiger partial charge < -0.3 is 14.9 Å². The standard InChI is InChI=1S/C16H23N3O2/c1-18-8-4-12(5-9-18)13-6-10-19(11-13)15-14(16(20)21)3-2-7-17-15/h2-3,7,12-13H,4-6,8-11H2,1H3,(H,20,21). The molecule has 1 aromatic heterocycles. The second-order valence-corrected chi connectivity index (χ2v) is 6.32. The zero-order valence-corrected chi connectivity index (χ0v) is 12.5. The highest BCUT2D eigenvalue weighted by Gasteiger charge is 2.33. The molecule has 0 saturated carbocycles. The van der Waals surface area contributed by atoms with Crippen molar-refractivity contribution < 1.29 is 9.90 Å². The molecule has 0 radical (unpaired) electrons. The third-order valence-corrected chi connectivity index (χ3v) is 4.97. The number of piperidine rings is 1. The van der Waals surface area contributed by atoms with Crippen molar-refractivity contribution in [1.29, 1.82) is 0 Å².